The molecule has 0 saturated carbocycles. The summed E-state index contributed by atoms with van der Waals surface area (Å²) in [5.41, 5.74) is 2.21. The normalized spacial score (nSPS) is 15.0. The molecular weight excluding hydrogens is 340 g/mol. The van der Waals surface area contributed by atoms with E-state index in [2.05, 4.69) is 25.3 Å². The number of likely N-dealkylation sites (tertiary alicyclic amines) is 1. The predicted molar refractivity (Wildman–Crippen MR) is 96.3 cm³/mol. The van der Waals surface area contributed by atoms with Crippen LogP contribution in [0.2, 0.25) is 5.15 Å². The number of pyridine rings is 1. The van der Waals surface area contributed by atoms with E-state index in [0.717, 1.165) is 24.1 Å². The maximum atomic E-state index is 11.5. The highest BCUT2D eigenvalue weighted by atomic mass is 35.5. The fraction of sp³-hybridized carbons (Fsp3) is 0.412. The third-order valence-corrected chi connectivity index (χ3v) is 4.70. The zero-order valence-electron chi connectivity index (χ0n) is 14.1. The summed E-state index contributed by atoms with van der Waals surface area (Å²) in [5, 5.41) is 10.3. The number of H-pyrrole nitrogens is 1. The lowest BCUT2D eigenvalue weighted by Crippen LogP contribution is -2.36. The Balaban J connectivity index is 1.87. The quantitative estimate of drug-likeness (QED) is 0.646. The number of hydrogen-bond acceptors (Lipinski definition) is 4. The van der Waals surface area contributed by atoms with E-state index in [1.807, 2.05) is 24.0 Å². The number of amides is 1. The van der Waals surface area contributed by atoms with Crippen LogP contribution in [-0.2, 0) is 4.79 Å². The number of piperidine rings is 1. The Hall–Kier alpha value is -2.59. The Kier molecular flexibility index (Phi) is 4.91. The van der Waals surface area contributed by atoms with E-state index < -0.39 is 0 Å². The molecule has 1 fully saturated rings. The van der Waals surface area contributed by atoms with E-state index in [9.17, 15) is 4.79 Å². The number of anilines is 2. The zero-order chi connectivity index (χ0) is 18.0. The summed E-state index contributed by atoms with van der Waals surface area (Å²) in [4.78, 5) is 21.2. The topological polar surface area (TPSA) is 78.3 Å². The summed E-state index contributed by atoms with van der Waals surface area (Å²) >= 11 is 6.25. The number of carbonyl (C=O) groups excluding carboxylic acids is 1. The molecule has 0 unspecified atom stereocenters. The van der Waals surface area contributed by atoms with Gasteiger partial charge in [-0.1, -0.05) is 11.6 Å². The zero-order valence-corrected chi connectivity index (χ0v) is 14.9. The average molecular weight is 359 g/mol. The molecule has 0 aromatic carbocycles. The molecule has 25 heavy (non-hydrogen) atoms. The van der Waals surface area contributed by atoms with Crippen LogP contribution in [0.15, 0.2) is 12.1 Å². The van der Waals surface area contributed by atoms with Crippen LogP contribution in [0.3, 0.4) is 0 Å². The first-order chi connectivity index (χ1) is 12.0. The van der Waals surface area contributed by atoms with Gasteiger partial charge in [0.25, 0.3) is 0 Å². The van der Waals surface area contributed by atoms with Gasteiger partial charge in [-0.05, 0) is 37.3 Å². The van der Waals surface area contributed by atoms with Gasteiger partial charge in [0.1, 0.15) is 11.0 Å². The number of halogens is 1. The van der Waals surface area contributed by atoms with Crippen molar-refractivity contribution in [3.05, 3.63) is 40.0 Å². The molecule has 1 aliphatic heterocycles. The van der Waals surface area contributed by atoms with Crippen molar-refractivity contribution in [2.45, 2.75) is 32.6 Å². The van der Waals surface area contributed by atoms with E-state index in [4.69, 9.17) is 18.2 Å². The Labute approximate surface area is 151 Å². The van der Waals surface area contributed by atoms with Crippen molar-refractivity contribution in [2.24, 2.45) is 0 Å². The van der Waals surface area contributed by atoms with Crippen molar-refractivity contribution in [1.82, 2.24) is 20.1 Å². The van der Waals surface area contributed by atoms with Crippen LogP contribution in [0, 0.1) is 13.5 Å². The van der Waals surface area contributed by atoms with Gasteiger partial charge < -0.3 is 10.2 Å². The number of aryl methyl sites for hydroxylation is 1. The van der Waals surface area contributed by atoms with Gasteiger partial charge in [-0.2, -0.15) is 5.10 Å². The molecule has 1 saturated heterocycles. The van der Waals surface area contributed by atoms with Gasteiger partial charge in [0.2, 0.25) is 11.6 Å². The lowest BCUT2D eigenvalue weighted by atomic mass is 9.89. The molecule has 0 spiro atoms. The second kappa shape index (κ2) is 7.11. The highest BCUT2D eigenvalue weighted by Crippen LogP contribution is 2.39. The molecule has 1 amide bonds. The van der Waals surface area contributed by atoms with Gasteiger partial charge in [0, 0.05) is 31.8 Å². The number of nitrogens with one attached hydrogen (secondary N) is 2. The summed E-state index contributed by atoms with van der Waals surface area (Å²) in [6.07, 6.45) is 1.62. The fourth-order valence-corrected chi connectivity index (χ4v) is 3.37. The number of nitrogens with zero attached hydrogens (tertiary/aromatic N) is 4. The third-order valence-electron chi connectivity index (χ3n) is 4.43. The van der Waals surface area contributed by atoms with Crippen molar-refractivity contribution in [1.29, 1.82) is 0 Å². The molecule has 8 heteroatoms. The van der Waals surface area contributed by atoms with Crippen molar-refractivity contribution in [3.8, 4) is 0 Å². The average Bonchev–Trinajstić information content (AvgIpc) is 2.99. The lowest BCUT2D eigenvalue weighted by Gasteiger charge is -2.32. The van der Waals surface area contributed by atoms with E-state index >= 15 is 0 Å². The van der Waals surface area contributed by atoms with E-state index in [-0.39, 0.29) is 17.0 Å². The van der Waals surface area contributed by atoms with Crippen molar-refractivity contribution < 1.29 is 4.79 Å². The minimum absolute atomic E-state index is 0.0906. The highest BCUT2D eigenvalue weighted by molar-refractivity contribution is 6.32. The molecule has 0 aliphatic carbocycles. The first-order valence-corrected chi connectivity index (χ1v) is 8.48. The third kappa shape index (κ3) is 3.74. The summed E-state index contributed by atoms with van der Waals surface area (Å²) in [7, 11) is 0. The Morgan fingerprint density at radius 2 is 2.12 bits per heavy atom. The van der Waals surface area contributed by atoms with Crippen LogP contribution in [0.1, 0.15) is 36.9 Å². The van der Waals surface area contributed by atoms with Gasteiger partial charge in [-0.15, -0.1) is 0 Å². The molecule has 7 nitrogen and oxygen atoms in total. The van der Waals surface area contributed by atoms with Crippen LogP contribution in [-0.4, -0.2) is 39.1 Å². The molecule has 2 aromatic rings. The number of aromatic amines is 1. The standard InChI is InChI=1S/C17H19ClN6O/c1-10-8-15(23-22-10)20-14-9-13(16(19-3)17(18)21-14)12-4-6-24(7-5-12)11(2)25/h8-9,12H,4-7H2,1-2H3,(H2,20,21,22,23). The molecule has 3 rings (SSSR count). The van der Waals surface area contributed by atoms with Gasteiger partial charge in [-0.3, -0.25) is 9.89 Å². The van der Waals surface area contributed by atoms with Gasteiger partial charge in [0.05, 0.1) is 6.57 Å². The van der Waals surface area contributed by atoms with Crippen LogP contribution < -0.4 is 5.32 Å². The van der Waals surface area contributed by atoms with Crippen molar-refractivity contribution in [3.63, 3.8) is 0 Å². The Morgan fingerprint density at radius 1 is 1.40 bits per heavy atom. The minimum atomic E-state index is 0.0906. The van der Waals surface area contributed by atoms with Crippen LogP contribution in [0.25, 0.3) is 4.85 Å². The summed E-state index contributed by atoms with van der Waals surface area (Å²) in [6.45, 7) is 12.3. The van der Waals surface area contributed by atoms with Crippen molar-refractivity contribution >= 4 is 34.8 Å². The van der Waals surface area contributed by atoms with E-state index in [1.165, 1.54) is 0 Å². The van der Waals surface area contributed by atoms with Crippen molar-refractivity contribution in [2.75, 3.05) is 18.4 Å². The van der Waals surface area contributed by atoms with Crippen LogP contribution in [0.4, 0.5) is 17.3 Å². The van der Waals surface area contributed by atoms with Gasteiger partial charge in [0.15, 0.2) is 5.82 Å². The largest absolute Gasteiger partial charge is 0.343 e. The smallest absolute Gasteiger partial charge is 0.227 e. The molecule has 0 radical (unpaired) electrons. The predicted octanol–water partition coefficient (Wildman–Crippen LogP) is 3.79. The highest BCUT2D eigenvalue weighted by Gasteiger charge is 2.26. The number of hydrogen-bond donors (Lipinski definition) is 2. The molecule has 3 heterocycles. The van der Waals surface area contributed by atoms with Crippen LogP contribution >= 0.6 is 11.6 Å². The summed E-state index contributed by atoms with van der Waals surface area (Å²) < 4.78 is 0. The second-order valence-electron chi connectivity index (χ2n) is 6.19. The van der Waals surface area contributed by atoms with Gasteiger partial charge in [-0.25, -0.2) is 9.83 Å². The van der Waals surface area contributed by atoms with E-state index in [0.29, 0.717) is 30.4 Å². The number of aromatic nitrogens is 3. The number of carbonyl (C=O) groups is 1. The SMILES string of the molecule is [C-]#[N+]c1c(C2CCN(C(C)=O)CC2)cc(Nc2cc(C)[nH]n2)nc1Cl. The molecule has 1 aliphatic rings. The molecule has 2 N–H and O–H groups in total. The second-order valence-corrected chi connectivity index (χ2v) is 6.55. The summed E-state index contributed by atoms with van der Waals surface area (Å²) in [6, 6.07) is 3.74. The van der Waals surface area contributed by atoms with E-state index in [1.54, 1.807) is 6.92 Å². The molecule has 2 aromatic heterocycles. The minimum Gasteiger partial charge on any atom is -0.343 e. The van der Waals surface area contributed by atoms with Gasteiger partial charge >= 0.3 is 0 Å². The van der Waals surface area contributed by atoms with Crippen LogP contribution in [0.5, 0.6) is 0 Å². The maximum Gasteiger partial charge on any atom is 0.227 e. The first-order valence-electron chi connectivity index (χ1n) is 8.10. The summed E-state index contributed by atoms with van der Waals surface area (Å²) in [5.74, 6) is 1.48. The Bertz CT molecular complexity index is 832. The molecule has 130 valence electrons. The fourth-order valence-electron chi connectivity index (χ4n) is 3.13. The molecule has 0 atom stereocenters. The number of rotatable bonds is 3. The molecular formula is C17H19ClN6O. The lowest BCUT2D eigenvalue weighted by molar-refractivity contribution is -0.129. The first kappa shape index (κ1) is 17.2. The maximum absolute atomic E-state index is 11.5. The monoisotopic (exact) mass is 358 g/mol. The Morgan fingerprint density at radius 3 is 2.68 bits per heavy atom. The molecule has 0 bridgehead atoms.